The number of nitrogens with zero attached hydrogens (tertiary/aromatic N) is 2. The van der Waals surface area contributed by atoms with E-state index >= 15 is 0 Å². The summed E-state index contributed by atoms with van der Waals surface area (Å²) < 4.78 is 0. The van der Waals surface area contributed by atoms with Gasteiger partial charge in [-0.05, 0) is 42.9 Å². The SMILES string of the molecule is CN=C(NCc1ccc(C(=O)N(C)C)cc1)NC(C)CCC(C)(C)C.I. The van der Waals surface area contributed by atoms with Gasteiger partial charge in [-0.25, -0.2) is 0 Å². The van der Waals surface area contributed by atoms with Crippen molar-refractivity contribution in [3.05, 3.63) is 35.4 Å². The highest BCUT2D eigenvalue weighted by atomic mass is 127. The predicted molar refractivity (Wildman–Crippen MR) is 121 cm³/mol. The molecule has 1 aromatic carbocycles. The molecule has 0 aromatic heterocycles. The molecule has 1 unspecified atom stereocenters. The standard InChI is InChI=1S/C20H34N4O.HI/c1-15(12-13-20(2,3)4)23-19(21-5)22-14-16-8-10-17(11-9-16)18(25)24(6)7;/h8-11,15H,12-14H2,1-7H3,(H2,21,22,23);1H. The number of benzene rings is 1. The number of rotatable bonds is 6. The number of amides is 1. The van der Waals surface area contributed by atoms with Crippen LogP contribution in [0.25, 0.3) is 0 Å². The van der Waals surface area contributed by atoms with Crippen LogP contribution in [0.3, 0.4) is 0 Å². The number of halogens is 1. The summed E-state index contributed by atoms with van der Waals surface area (Å²) in [5.41, 5.74) is 2.16. The Morgan fingerprint density at radius 1 is 1.19 bits per heavy atom. The molecule has 0 fully saturated rings. The fourth-order valence-corrected chi connectivity index (χ4v) is 2.36. The maximum absolute atomic E-state index is 11.9. The van der Waals surface area contributed by atoms with Gasteiger partial charge in [-0.3, -0.25) is 9.79 Å². The summed E-state index contributed by atoms with van der Waals surface area (Å²) in [6, 6.07) is 8.04. The third-order valence-electron chi connectivity index (χ3n) is 4.00. The van der Waals surface area contributed by atoms with Crippen LogP contribution in [0.5, 0.6) is 0 Å². The molecule has 0 spiro atoms. The van der Waals surface area contributed by atoms with E-state index in [0.717, 1.165) is 17.9 Å². The van der Waals surface area contributed by atoms with Crippen molar-refractivity contribution in [2.45, 2.75) is 53.1 Å². The van der Waals surface area contributed by atoms with Gasteiger partial charge in [-0.15, -0.1) is 24.0 Å². The highest BCUT2D eigenvalue weighted by Crippen LogP contribution is 2.21. The minimum absolute atomic E-state index is 0. The van der Waals surface area contributed by atoms with E-state index < -0.39 is 0 Å². The Morgan fingerprint density at radius 3 is 2.23 bits per heavy atom. The van der Waals surface area contributed by atoms with Crippen molar-refractivity contribution in [3.8, 4) is 0 Å². The van der Waals surface area contributed by atoms with Crippen LogP contribution in [-0.2, 0) is 6.54 Å². The lowest BCUT2D eigenvalue weighted by molar-refractivity contribution is 0.0827. The van der Waals surface area contributed by atoms with Crippen LogP contribution in [0.15, 0.2) is 29.3 Å². The lowest BCUT2D eigenvalue weighted by Crippen LogP contribution is -2.42. The van der Waals surface area contributed by atoms with Crippen molar-refractivity contribution >= 4 is 35.8 Å². The fourth-order valence-electron chi connectivity index (χ4n) is 2.36. The predicted octanol–water partition coefficient (Wildman–Crippen LogP) is 3.89. The monoisotopic (exact) mass is 474 g/mol. The molecular formula is C20H35IN4O. The highest BCUT2D eigenvalue weighted by Gasteiger charge is 2.13. The van der Waals surface area contributed by atoms with E-state index in [1.807, 2.05) is 24.3 Å². The molecule has 0 saturated heterocycles. The van der Waals surface area contributed by atoms with Gasteiger partial charge in [0.2, 0.25) is 0 Å². The van der Waals surface area contributed by atoms with Crippen LogP contribution in [0.2, 0.25) is 0 Å². The number of hydrogen-bond donors (Lipinski definition) is 2. The van der Waals surface area contributed by atoms with Crippen molar-refractivity contribution in [1.29, 1.82) is 0 Å². The molecule has 0 radical (unpaired) electrons. The molecular weight excluding hydrogens is 439 g/mol. The zero-order valence-corrected chi connectivity index (χ0v) is 19.5. The Hall–Kier alpha value is -1.31. The first kappa shape index (κ1) is 24.7. The maximum Gasteiger partial charge on any atom is 0.253 e. The number of nitrogens with one attached hydrogen (secondary N) is 2. The summed E-state index contributed by atoms with van der Waals surface area (Å²) >= 11 is 0. The van der Waals surface area contributed by atoms with Gasteiger partial charge in [0.1, 0.15) is 0 Å². The summed E-state index contributed by atoms with van der Waals surface area (Å²) in [5.74, 6) is 0.819. The molecule has 26 heavy (non-hydrogen) atoms. The molecule has 0 heterocycles. The van der Waals surface area contributed by atoms with Gasteiger partial charge in [-0.2, -0.15) is 0 Å². The summed E-state index contributed by atoms with van der Waals surface area (Å²) in [6.07, 6.45) is 2.27. The maximum atomic E-state index is 11.9. The highest BCUT2D eigenvalue weighted by molar-refractivity contribution is 14.0. The van der Waals surface area contributed by atoms with Gasteiger partial charge in [0, 0.05) is 39.3 Å². The molecule has 0 aliphatic carbocycles. The lowest BCUT2D eigenvalue weighted by Gasteiger charge is -2.23. The second-order valence-electron chi connectivity index (χ2n) is 7.97. The zero-order valence-electron chi connectivity index (χ0n) is 17.2. The van der Waals surface area contributed by atoms with Crippen LogP contribution >= 0.6 is 24.0 Å². The molecule has 0 bridgehead atoms. The lowest BCUT2D eigenvalue weighted by atomic mass is 9.89. The molecule has 0 aliphatic rings. The first-order valence-corrected chi connectivity index (χ1v) is 8.90. The number of guanidine groups is 1. The van der Waals surface area contributed by atoms with Crippen molar-refractivity contribution in [2.75, 3.05) is 21.1 Å². The Kier molecular flexibility index (Phi) is 10.8. The first-order chi connectivity index (χ1) is 11.6. The van der Waals surface area contributed by atoms with E-state index in [1.54, 1.807) is 26.0 Å². The zero-order chi connectivity index (χ0) is 19.0. The van der Waals surface area contributed by atoms with Crippen LogP contribution < -0.4 is 10.6 Å². The fraction of sp³-hybridized carbons (Fsp3) is 0.600. The van der Waals surface area contributed by atoms with Crippen LogP contribution in [0.1, 0.15) is 56.5 Å². The molecule has 1 aromatic rings. The normalized spacial score (nSPS) is 12.8. The summed E-state index contributed by atoms with van der Waals surface area (Å²) in [6.45, 7) is 9.63. The van der Waals surface area contributed by atoms with Crippen LogP contribution in [0, 0.1) is 5.41 Å². The Morgan fingerprint density at radius 2 is 1.77 bits per heavy atom. The van der Waals surface area contributed by atoms with E-state index in [4.69, 9.17) is 0 Å². The largest absolute Gasteiger partial charge is 0.354 e. The number of hydrogen-bond acceptors (Lipinski definition) is 2. The molecule has 2 N–H and O–H groups in total. The van der Waals surface area contributed by atoms with Gasteiger partial charge in [0.25, 0.3) is 5.91 Å². The Labute approximate surface area is 176 Å². The van der Waals surface area contributed by atoms with Gasteiger partial charge in [0.15, 0.2) is 5.96 Å². The summed E-state index contributed by atoms with van der Waals surface area (Å²) in [7, 11) is 5.30. The minimum Gasteiger partial charge on any atom is -0.354 e. The molecule has 6 heteroatoms. The second-order valence-corrected chi connectivity index (χ2v) is 7.97. The summed E-state index contributed by atoms with van der Waals surface area (Å²) in [5, 5.41) is 6.76. The molecule has 1 atom stereocenters. The topological polar surface area (TPSA) is 56.7 Å². The first-order valence-electron chi connectivity index (χ1n) is 8.90. The van der Waals surface area contributed by atoms with E-state index in [0.29, 0.717) is 23.6 Å². The van der Waals surface area contributed by atoms with Gasteiger partial charge >= 0.3 is 0 Å². The summed E-state index contributed by atoms with van der Waals surface area (Å²) in [4.78, 5) is 17.8. The number of aliphatic imine (C=N–C) groups is 1. The Balaban J connectivity index is 0.00000625. The number of carbonyl (C=O) groups excluding carboxylic acids is 1. The molecule has 1 rings (SSSR count). The van der Waals surface area contributed by atoms with E-state index in [9.17, 15) is 4.79 Å². The van der Waals surface area contributed by atoms with Crippen molar-refractivity contribution in [2.24, 2.45) is 10.4 Å². The quantitative estimate of drug-likeness (QED) is 0.374. The van der Waals surface area contributed by atoms with Crippen LogP contribution in [0.4, 0.5) is 0 Å². The van der Waals surface area contributed by atoms with Gasteiger partial charge in [-0.1, -0.05) is 32.9 Å². The van der Waals surface area contributed by atoms with E-state index in [2.05, 4.69) is 43.3 Å². The van der Waals surface area contributed by atoms with Gasteiger partial charge in [0.05, 0.1) is 0 Å². The molecule has 0 saturated carbocycles. The van der Waals surface area contributed by atoms with Crippen molar-refractivity contribution < 1.29 is 4.79 Å². The van der Waals surface area contributed by atoms with E-state index in [1.165, 1.54) is 6.42 Å². The molecule has 1 amide bonds. The van der Waals surface area contributed by atoms with Crippen molar-refractivity contribution in [3.63, 3.8) is 0 Å². The average Bonchev–Trinajstić information content (AvgIpc) is 2.55. The third kappa shape index (κ3) is 9.40. The van der Waals surface area contributed by atoms with Crippen molar-refractivity contribution in [1.82, 2.24) is 15.5 Å². The Bertz CT molecular complexity index is 576. The minimum atomic E-state index is 0. The molecule has 148 valence electrons. The van der Waals surface area contributed by atoms with Gasteiger partial charge < -0.3 is 15.5 Å². The smallest absolute Gasteiger partial charge is 0.253 e. The number of carbonyl (C=O) groups is 1. The third-order valence-corrected chi connectivity index (χ3v) is 4.00. The van der Waals surface area contributed by atoms with Crippen LogP contribution in [-0.4, -0.2) is 44.0 Å². The molecule has 5 nitrogen and oxygen atoms in total. The van der Waals surface area contributed by atoms with E-state index in [-0.39, 0.29) is 29.9 Å². The molecule has 0 aliphatic heterocycles. The second kappa shape index (κ2) is 11.4. The average molecular weight is 474 g/mol.